The van der Waals surface area contributed by atoms with Gasteiger partial charge in [-0.15, -0.1) is 0 Å². The van der Waals surface area contributed by atoms with Crippen molar-refractivity contribution in [1.82, 2.24) is 0 Å². The minimum Gasteiger partial charge on any atom is -0.459 e. The maximum atomic E-state index is 12.6. The number of hydrogen-bond donors (Lipinski definition) is 1. The topological polar surface area (TPSA) is 102 Å². The van der Waals surface area contributed by atoms with Gasteiger partial charge in [0.2, 0.25) is 0 Å². The van der Waals surface area contributed by atoms with Gasteiger partial charge in [0, 0.05) is 12.0 Å². The molecule has 4 aliphatic rings. The van der Waals surface area contributed by atoms with Crippen molar-refractivity contribution in [2.24, 2.45) is 11.8 Å². The van der Waals surface area contributed by atoms with Crippen molar-refractivity contribution in [2.75, 3.05) is 0 Å². The van der Waals surface area contributed by atoms with Gasteiger partial charge in [-0.05, 0) is 31.9 Å². The third kappa shape index (κ3) is 2.52. The van der Waals surface area contributed by atoms with E-state index in [1.165, 1.54) is 0 Å². The molecular formula is C20H22O7. The standard InChI is InChI=1S/C20H22O7/c1-9-14-13(25-18(23)20(4)10(2)27-20)7-11(8-21)12-5-6-19(3,24)15(12)16(14)26-17(9)22/h5-6,8,10,13-16,24H,1,7H2,2-4H3/t10-,13+,14+,15+,16-,19+,20+/m0/s1. The van der Waals surface area contributed by atoms with E-state index >= 15 is 0 Å². The van der Waals surface area contributed by atoms with Gasteiger partial charge in [-0.1, -0.05) is 18.7 Å². The molecule has 0 saturated carbocycles. The second kappa shape index (κ2) is 5.62. The summed E-state index contributed by atoms with van der Waals surface area (Å²) in [4.78, 5) is 36.6. The molecule has 7 nitrogen and oxygen atoms in total. The smallest absolute Gasteiger partial charge is 0.341 e. The molecule has 7 heteroatoms. The number of epoxide rings is 1. The molecule has 144 valence electrons. The maximum Gasteiger partial charge on any atom is 0.341 e. The number of carbonyl (C=O) groups excluding carboxylic acids is 3. The van der Waals surface area contributed by atoms with Crippen LogP contribution in [0.4, 0.5) is 0 Å². The van der Waals surface area contributed by atoms with Crippen LogP contribution in [0, 0.1) is 11.8 Å². The fourth-order valence-electron chi connectivity index (χ4n) is 4.41. The van der Waals surface area contributed by atoms with Crippen LogP contribution in [0.2, 0.25) is 0 Å². The van der Waals surface area contributed by atoms with Gasteiger partial charge in [-0.2, -0.15) is 0 Å². The Morgan fingerprint density at radius 1 is 1.44 bits per heavy atom. The highest BCUT2D eigenvalue weighted by Crippen LogP contribution is 2.50. The number of rotatable bonds is 3. The quantitative estimate of drug-likeness (QED) is 0.340. The molecule has 2 aliphatic heterocycles. The molecule has 0 aromatic carbocycles. The first-order valence-corrected chi connectivity index (χ1v) is 8.98. The number of fused-ring (bicyclic) bond motifs is 3. The van der Waals surface area contributed by atoms with Gasteiger partial charge in [-0.25, -0.2) is 9.59 Å². The van der Waals surface area contributed by atoms with E-state index in [1.807, 2.05) is 0 Å². The zero-order chi connectivity index (χ0) is 19.7. The second-order valence-electron chi connectivity index (χ2n) is 8.07. The van der Waals surface area contributed by atoms with E-state index < -0.39 is 47.2 Å². The van der Waals surface area contributed by atoms with Crippen LogP contribution in [0.3, 0.4) is 0 Å². The largest absolute Gasteiger partial charge is 0.459 e. The molecule has 2 heterocycles. The van der Waals surface area contributed by atoms with Gasteiger partial charge in [0.1, 0.15) is 18.5 Å². The Morgan fingerprint density at radius 2 is 2.11 bits per heavy atom. The van der Waals surface area contributed by atoms with E-state index in [0.717, 1.165) is 0 Å². The minimum absolute atomic E-state index is 0.114. The Kier molecular flexibility index (Phi) is 3.78. The van der Waals surface area contributed by atoms with E-state index in [-0.39, 0.29) is 18.1 Å². The number of allylic oxidation sites excluding steroid dienone is 1. The Morgan fingerprint density at radius 3 is 2.70 bits per heavy atom. The van der Waals surface area contributed by atoms with Crippen LogP contribution in [-0.2, 0) is 28.6 Å². The number of aliphatic hydroxyl groups is 1. The molecule has 1 N–H and O–H groups in total. The zero-order valence-corrected chi connectivity index (χ0v) is 15.4. The molecule has 0 spiro atoms. The Hall–Kier alpha value is -2.25. The number of aldehydes is 1. The fraction of sp³-hybridized carbons (Fsp3) is 0.550. The van der Waals surface area contributed by atoms with Gasteiger partial charge >= 0.3 is 11.9 Å². The first kappa shape index (κ1) is 18.1. The molecule has 0 radical (unpaired) electrons. The highest BCUT2D eigenvalue weighted by atomic mass is 16.7. The third-order valence-electron chi connectivity index (χ3n) is 6.29. The lowest BCUT2D eigenvalue weighted by molar-refractivity contribution is -0.159. The van der Waals surface area contributed by atoms with Crippen molar-refractivity contribution in [3.63, 3.8) is 0 Å². The predicted molar refractivity (Wildman–Crippen MR) is 92.3 cm³/mol. The lowest BCUT2D eigenvalue weighted by Crippen LogP contribution is -2.44. The van der Waals surface area contributed by atoms with Gasteiger partial charge in [0.25, 0.3) is 0 Å². The lowest BCUT2D eigenvalue weighted by atomic mass is 9.78. The molecule has 2 saturated heterocycles. The average Bonchev–Trinajstić information content (AvgIpc) is 3.00. The summed E-state index contributed by atoms with van der Waals surface area (Å²) in [6, 6.07) is 0. The van der Waals surface area contributed by atoms with Gasteiger partial charge in [0.05, 0.1) is 23.5 Å². The SMILES string of the molecule is C=C1C(=O)O[C@H]2[C@H]1[C@H](OC(=O)[C@]1(C)O[C@H]1C)CC(C=O)=C1C=C[C@@](C)(O)[C@H]12. The normalized spacial score (nSPS) is 45.1. The van der Waals surface area contributed by atoms with Crippen LogP contribution in [0.25, 0.3) is 0 Å². The summed E-state index contributed by atoms with van der Waals surface area (Å²) in [5, 5.41) is 10.8. The summed E-state index contributed by atoms with van der Waals surface area (Å²) in [7, 11) is 0. The summed E-state index contributed by atoms with van der Waals surface area (Å²) >= 11 is 0. The van der Waals surface area contributed by atoms with E-state index in [9.17, 15) is 19.5 Å². The molecule has 0 amide bonds. The zero-order valence-electron chi connectivity index (χ0n) is 15.4. The summed E-state index contributed by atoms with van der Waals surface area (Å²) in [6.45, 7) is 8.83. The summed E-state index contributed by atoms with van der Waals surface area (Å²) in [6.07, 6.45) is 2.25. The Balaban J connectivity index is 1.74. The van der Waals surface area contributed by atoms with E-state index in [2.05, 4.69) is 6.58 Å². The van der Waals surface area contributed by atoms with Crippen LogP contribution in [0.5, 0.6) is 0 Å². The van der Waals surface area contributed by atoms with Crippen molar-refractivity contribution in [2.45, 2.75) is 56.7 Å². The minimum atomic E-state index is -1.30. The van der Waals surface area contributed by atoms with Crippen LogP contribution in [0.15, 0.2) is 35.5 Å². The molecule has 0 unspecified atom stereocenters. The molecular weight excluding hydrogens is 352 g/mol. The summed E-state index contributed by atoms with van der Waals surface area (Å²) in [5.41, 5.74) is -1.12. The Labute approximate surface area is 156 Å². The van der Waals surface area contributed by atoms with Gasteiger partial charge in [0.15, 0.2) is 5.60 Å². The van der Waals surface area contributed by atoms with Crippen LogP contribution in [-0.4, -0.2) is 52.8 Å². The summed E-state index contributed by atoms with van der Waals surface area (Å²) < 4.78 is 16.6. The van der Waals surface area contributed by atoms with Gasteiger partial charge < -0.3 is 19.3 Å². The van der Waals surface area contributed by atoms with Crippen LogP contribution < -0.4 is 0 Å². The first-order chi connectivity index (χ1) is 12.6. The third-order valence-corrected chi connectivity index (χ3v) is 6.29. The first-order valence-electron chi connectivity index (χ1n) is 8.98. The fourth-order valence-corrected chi connectivity index (χ4v) is 4.41. The maximum absolute atomic E-state index is 12.6. The molecule has 0 aromatic heterocycles. The molecule has 2 fully saturated rings. The van der Waals surface area contributed by atoms with Crippen LogP contribution in [0.1, 0.15) is 27.2 Å². The van der Waals surface area contributed by atoms with Crippen molar-refractivity contribution >= 4 is 18.2 Å². The van der Waals surface area contributed by atoms with E-state index in [0.29, 0.717) is 17.4 Å². The number of esters is 2. The average molecular weight is 374 g/mol. The van der Waals surface area contributed by atoms with Gasteiger partial charge in [-0.3, -0.25) is 4.79 Å². The van der Waals surface area contributed by atoms with E-state index in [1.54, 1.807) is 32.9 Å². The molecule has 0 aromatic rings. The predicted octanol–water partition coefficient (Wildman–Crippen LogP) is 1.01. The lowest BCUT2D eigenvalue weighted by Gasteiger charge is -2.33. The van der Waals surface area contributed by atoms with Crippen molar-refractivity contribution in [1.29, 1.82) is 0 Å². The second-order valence-corrected chi connectivity index (χ2v) is 8.07. The number of ether oxygens (including phenoxy) is 3. The molecule has 27 heavy (non-hydrogen) atoms. The highest BCUT2D eigenvalue weighted by molar-refractivity contribution is 5.92. The molecule has 2 aliphatic carbocycles. The molecule has 0 bridgehead atoms. The van der Waals surface area contributed by atoms with E-state index in [4.69, 9.17) is 14.2 Å². The highest BCUT2D eigenvalue weighted by Gasteiger charge is 2.60. The van der Waals surface area contributed by atoms with Crippen LogP contribution >= 0.6 is 0 Å². The molecule has 4 rings (SSSR count). The van der Waals surface area contributed by atoms with Crippen molar-refractivity contribution in [3.8, 4) is 0 Å². The number of carbonyl (C=O) groups is 3. The van der Waals surface area contributed by atoms with Crippen molar-refractivity contribution in [3.05, 3.63) is 35.5 Å². The monoisotopic (exact) mass is 374 g/mol. The number of hydrogen-bond acceptors (Lipinski definition) is 7. The molecule has 7 atom stereocenters. The van der Waals surface area contributed by atoms with Crippen molar-refractivity contribution < 1.29 is 33.7 Å². The Bertz CT molecular complexity index is 820. The summed E-state index contributed by atoms with van der Waals surface area (Å²) in [5.74, 6) is -2.40.